The fraction of sp³-hybridized carbons (Fsp3) is 0.200. The lowest BCUT2D eigenvalue weighted by molar-refractivity contribution is -0.122. The van der Waals surface area contributed by atoms with E-state index in [1.54, 1.807) is 16.8 Å². The molecule has 0 aliphatic carbocycles. The third-order valence-electron chi connectivity index (χ3n) is 5.83. The maximum absolute atomic E-state index is 13.3. The van der Waals surface area contributed by atoms with Crippen LogP contribution in [-0.4, -0.2) is 27.6 Å². The molecule has 0 spiro atoms. The fourth-order valence-corrected chi connectivity index (χ4v) is 3.80. The molecular formula is C25H24N4O3. The van der Waals surface area contributed by atoms with Gasteiger partial charge in [-0.05, 0) is 70.0 Å². The van der Waals surface area contributed by atoms with Crippen LogP contribution in [0.15, 0.2) is 48.0 Å². The number of rotatable bonds is 3. The average molecular weight is 428 g/mol. The summed E-state index contributed by atoms with van der Waals surface area (Å²) in [5.74, 6) is -1.38. The molecule has 0 bridgehead atoms. The number of aryl methyl sites for hydroxylation is 3. The predicted octanol–water partition coefficient (Wildman–Crippen LogP) is 4.08. The van der Waals surface area contributed by atoms with Gasteiger partial charge in [0.1, 0.15) is 5.57 Å². The molecule has 3 aromatic rings. The largest absolute Gasteiger partial charge is 0.335 e. The van der Waals surface area contributed by atoms with Crippen molar-refractivity contribution in [2.75, 3.05) is 4.90 Å². The Hall–Kier alpha value is -4.00. The average Bonchev–Trinajstić information content (AvgIpc) is 3.02. The van der Waals surface area contributed by atoms with Crippen LogP contribution in [0.4, 0.5) is 10.5 Å². The zero-order valence-corrected chi connectivity index (χ0v) is 18.7. The summed E-state index contributed by atoms with van der Waals surface area (Å²) in [6, 6.07) is 12.5. The summed E-state index contributed by atoms with van der Waals surface area (Å²) in [7, 11) is 0. The van der Waals surface area contributed by atoms with Gasteiger partial charge in [0.05, 0.1) is 17.1 Å². The Labute approximate surface area is 186 Å². The van der Waals surface area contributed by atoms with Gasteiger partial charge in [-0.1, -0.05) is 29.8 Å². The van der Waals surface area contributed by atoms with Gasteiger partial charge in [-0.15, -0.1) is 0 Å². The number of carbonyl (C=O) groups is 3. The normalized spacial score (nSPS) is 15.5. The lowest BCUT2D eigenvalue weighted by Gasteiger charge is -2.28. The number of nitrogens with zero attached hydrogens (tertiary/aromatic N) is 3. The number of barbiturate groups is 1. The van der Waals surface area contributed by atoms with E-state index in [9.17, 15) is 14.4 Å². The van der Waals surface area contributed by atoms with Crippen LogP contribution in [0.1, 0.15) is 33.6 Å². The number of amides is 4. The molecule has 2 aromatic carbocycles. The van der Waals surface area contributed by atoms with E-state index in [0.717, 1.165) is 33.0 Å². The van der Waals surface area contributed by atoms with Crippen molar-refractivity contribution in [2.45, 2.75) is 34.6 Å². The van der Waals surface area contributed by atoms with E-state index in [4.69, 9.17) is 0 Å². The molecule has 1 fully saturated rings. The summed E-state index contributed by atoms with van der Waals surface area (Å²) in [6.45, 7) is 9.45. The molecule has 4 rings (SSSR count). The molecule has 7 heteroatoms. The van der Waals surface area contributed by atoms with Gasteiger partial charge in [0, 0.05) is 11.3 Å². The third-order valence-corrected chi connectivity index (χ3v) is 5.83. The van der Waals surface area contributed by atoms with Crippen molar-refractivity contribution in [3.05, 3.63) is 81.7 Å². The standard InChI is InChI=1S/C25H24N4O3/c1-14-9-11-19(12-10-14)29-18(5)20(17(4)27-29)13-21-23(30)26-25(32)28(24(21)31)22-8-6-7-15(2)16(22)3/h6-13H,1-5H3,(H,26,30,32)/b21-13-. The Morgan fingerprint density at radius 1 is 0.906 bits per heavy atom. The summed E-state index contributed by atoms with van der Waals surface area (Å²) < 4.78 is 1.78. The number of anilines is 1. The van der Waals surface area contributed by atoms with Crippen LogP contribution in [0.5, 0.6) is 0 Å². The van der Waals surface area contributed by atoms with E-state index in [1.165, 1.54) is 6.08 Å². The highest BCUT2D eigenvalue weighted by atomic mass is 16.2. The van der Waals surface area contributed by atoms with E-state index in [0.29, 0.717) is 16.9 Å². The Balaban J connectivity index is 1.79. The number of urea groups is 1. The van der Waals surface area contributed by atoms with Gasteiger partial charge in [-0.3, -0.25) is 14.9 Å². The molecule has 1 aliphatic rings. The van der Waals surface area contributed by atoms with Gasteiger partial charge < -0.3 is 0 Å². The van der Waals surface area contributed by atoms with Crippen LogP contribution in [-0.2, 0) is 9.59 Å². The van der Waals surface area contributed by atoms with Crippen molar-refractivity contribution < 1.29 is 14.4 Å². The van der Waals surface area contributed by atoms with Gasteiger partial charge in [0.15, 0.2) is 0 Å². The van der Waals surface area contributed by atoms with Crippen LogP contribution < -0.4 is 10.2 Å². The van der Waals surface area contributed by atoms with E-state index >= 15 is 0 Å². The number of benzene rings is 2. The molecule has 4 amide bonds. The minimum atomic E-state index is -0.755. The quantitative estimate of drug-likeness (QED) is 0.503. The molecule has 0 unspecified atom stereocenters. The van der Waals surface area contributed by atoms with Crippen molar-refractivity contribution >= 4 is 29.6 Å². The minimum Gasteiger partial charge on any atom is -0.273 e. The SMILES string of the molecule is Cc1ccc(-n2nc(C)c(/C=C3/C(=O)NC(=O)N(c4cccc(C)c4C)C3=O)c2C)cc1. The Kier molecular flexibility index (Phi) is 5.26. The lowest BCUT2D eigenvalue weighted by atomic mass is 10.0. The zero-order chi connectivity index (χ0) is 23.2. The second-order valence-corrected chi connectivity index (χ2v) is 8.01. The summed E-state index contributed by atoms with van der Waals surface area (Å²) in [5.41, 5.74) is 6.22. The van der Waals surface area contributed by atoms with Crippen molar-refractivity contribution in [2.24, 2.45) is 0 Å². The molecule has 162 valence electrons. The Bertz CT molecular complexity index is 1300. The van der Waals surface area contributed by atoms with E-state index in [1.807, 2.05) is 65.0 Å². The lowest BCUT2D eigenvalue weighted by Crippen LogP contribution is -2.54. The highest BCUT2D eigenvalue weighted by Gasteiger charge is 2.38. The third kappa shape index (κ3) is 3.51. The van der Waals surface area contributed by atoms with Crippen molar-refractivity contribution in [1.29, 1.82) is 0 Å². The molecule has 7 nitrogen and oxygen atoms in total. The highest BCUT2D eigenvalue weighted by Crippen LogP contribution is 2.28. The molecule has 0 radical (unpaired) electrons. The van der Waals surface area contributed by atoms with Crippen LogP contribution in [0.2, 0.25) is 0 Å². The van der Waals surface area contributed by atoms with Crippen LogP contribution in [0, 0.1) is 34.6 Å². The number of hydrogen-bond acceptors (Lipinski definition) is 4. The van der Waals surface area contributed by atoms with Gasteiger partial charge in [0.25, 0.3) is 11.8 Å². The monoisotopic (exact) mass is 428 g/mol. The van der Waals surface area contributed by atoms with Crippen LogP contribution in [0.3, 0.4) is 0 Å². The second-order valence-electron chi connectivity index (χ2n) is 8.01. The van der Waals surface area contributed by atoms with Crippen LogP contribution in [0.25, 0.3) is 11.8 Å². The fourth-order valence-electron chi connectivity index (χ4n) is 3.80. The predicted molar refractivity (Wildman–Crippen MR) is 123 cm³/mol. The van der Waals surface area contributed by atoms with Crippen molar-refractivity contribution in [3.8, 4) is 5.69 Å². The minimum absolute atomic E-state index is 0.111. The molecular weight excluding hydrogens is 404 g/mol. The first kappa shape index (κ1) is 21.2. The Morgan fingerprint density at radius 2 is 1.59 bits per heavy atom. The molecule has 1 N–H and O–H groups in total. The molecule has 0 saturated carbocycles. The smallest absolute Gasteiger partial charge is 0.273 e. The molecule has 2 heterocycles. The molecule has 1 saturated heterocycles. The van der Waals surface area contributed by atoms with E-state index in [2.05, 4.69) is 10.4 Å². The molecule has 32 heavy (non-hydrogen) atoms. The summed E-state index contributed by atoms with van der Waals surface area (Å²) in [5, 5.41) is 6.88. The number of nitrogens with one attached hydrogen (secondary N) is 1. The maximum atomic E-state index is 13.3. The van der Waals surface area contributed by atoms with E-state index < -0.39 is 17.8 Å². The molecule has 1 aliphatic heterocycles. The van der Waals surface area contributed by atoms with E-state index in [-0.39, 0.29) is 5.57 Å². The van der Waals surface area contributed by atoms with Gasteiger partial charge >= 0.3 is 6.03 Å². The number of hydrogen-bond donors (Lipinski definition) is 1. The highest BCUT2D eigenvalue weighted by molar-refractivity contribution is 6.39. The zero-order valence-electron chi connectivity index (χ0n) is 18.7. The number of aromatic nitrogens is 2. The van der Waals surface area contributed by atoms with Gasteiger partial charge in [-0.2, -0.15) is 5.10 Å². The first-order valence-corrected chi connectivity index (χ1v) is 10.3. The Morgan fingerprint density at radius 3 is 2.28 bits per heavy atom. The van der Waals surface area contributed by atoms with Crippen LogP contribution >= 0.6 is 0 Å². The van der Waals surface area contributed by atoms with Gasteiger partial charge in [-0.25, -0.2) is 14.4 Å². The molecule has 0 atom stereocenters. The number of carbonyl (C=O) groups excluding carboxylic acids is 3. The summed E-state index contributed by atoms with van der Waals surface area (Å²) >= 11 is 0. The summed E-state index contributed by atoms with van der Waals surface area (Å²) in [4.78, 5) is 39.5. The second kappa shape index (κ2) is 7.92. The van der Waals surface area contributed by atoms with Gasteiger partial charge in [0.2, 0.25) is 0 Å². The maximum Gasteiger partial charge on any atom is 0.335 e. The summed E-state index contributed by atoms with van der Waals surface area (Å²) in [6.07, 6.45) is 1.52. The first-order valence-electron chi connectivity index (χ1n) is 10.3. The number of imide groups is 2. The van der Waals surface area contributed by atoms with Crippen molar-refractivity contribution in [3.63, 3.8) is 0 Å². The van der Waals surface area contributed by atoms with Crippen molar-refractivity contribution in [1.82, 2.24) is 15.1 Å². The molecule has 1 aromatic heterocycles. The topological polar surface area (TPSA) is 84.3 Å². The first-order chi connectivity index (χ1) is 15.2.